The summed E-state index contributed by atoms with van der Waals surface area (Å²) in [5, 5.41) is 9.49. The molecule has 2 amide bonds. The zero-order chi connectivity index (χ0) is 14.9. The Morgan fingerprint density at radius 3 is 2.30 bits per heavy atom. The Balaban J connectivity index is 2.01. The summed E-state index contributed by atoms with van der Waals surface area (Å²) in [6.45, 7) is 8.87. The third-order valence-corrected chi connectivity index (χ3v) is 5.07. The molecule has 2 saturated heterocycles. The van der Waals surface area contributed by atoms with E-state index in [0.717, 1.165) is 19.5 Å². The van der Waals surface area contributed by atoms with E-state index < -0.39 is 11.4 Å². The number of hydrogen-bond donors (Lipinski definition) is 1. The van der Waals surface area contributed by atoms with E-state index in [-0.39, 0.29) is 6.03 Å². The second-order valence-electron chi connectivity index (χ2n) is 6.65. The monoisotopic (exact) mass is 282 g/mol. The fourth-order valence-corrected chi connectivity index (χ4v) is 3.49. The number of nitrogens with zero attached hydrogens (tertiary/aromatic N) is 2. The largest absolute Gasteiger partial charge is 0.481 e. The molecule has 114 valence electrons. The molecule has 3 unspecified atom stereocenters. The Morgan fingerprint density at radius 2 is 1.80 bits per heavy atom. The fourth-order valence-electron chi connectivity index (χ4n) is 3.49. The van der Waals surface area contributed by atoms with Gasteiger partial charge in [0, 0.05) is 26.2 Å². The Morgan fingerprint density at radius 1 is 1.20 bits per heavy atom. The lowest BCUT2D eigenvalue weighted by Crippen LogP contribution is -2.43. The summed E-state index contributed by atoms with van der Waals surface area (Å²) in [5.41, 5.74) is -0.721. The zero-order valence-corrected chi connectivity index (χ0v) is 12.8. The van der Waals surface area contributed by atoms with E-state index in [1.807, 2.05) is 11.8 Å². The zero-order valence-electron chi connectivity index (χ0n) is 12.8. The van der Waals surface area contributed by atoms with Gasteiger partial charge in [-0.05, 0) is 24.7 Å². The van der Waals surface area contributed by atoms with Crippen molar-refractivity contribution in [1.82, 2.24) is 9.80 Å². The highest BCUT2D eigenvalue weighted by atomic mass is 16.4. The van der Waals surface area contributed by atoms with Crippen molar-refractivity contribution in [3.05, 3.63) is 0 Å². The van der Waals surface area contributed by atoms with Crippen LogP contribution in [0.4, 0.5) is 4.79 Å². The Kier molecular flexibility index (Phi) is 4.25. The Bertz CT molecular complexity index is 389. The van der Waals surface area contributed by atoms with Gasteiger partial charge in [-0.2, -0.15) is 0 Å². The summed E-state index contributed by atoms with van der Waals surface area (Å²) in [6, 6.07) is 0.0282. The number of likely N-dealkylation sites (tertiary alicyclic amines) is 2. The van der Waals surface area contributed by atoms with Crippen LogP contribution in [0.1, 0.15) is 40.0 Å². The molecule has 5 nitrogen and oxygen atoms in total. The third-order valence-electron chi connectivity index (χ3n) is 5.07. The molecule has 20 heavy (non-hydrogen) atoms. The van der Waals surface area contributed by atoms with Gasteiger partial charge >= 0.3 is 12.0 Å². The first-order chi connectivity index (χ1) is 9.39. The molecule has 2 heterocycles. The Labute approximate surface area is 120 Å². The number of aliphatic carboxylic acids is 1. The topological polar surface area (TPSA) is 60.9 Å². The van der Waals surface area contributed by atoms with Crippen LogP contribution < -0.4 is 0 Å². The standard InChI is InChI=1S/C15H26N2O3/c1-4-5-15(13(18)19)6-7-16(10-15)14(20)17-8-11(2)12(3)9-17/h11-12H,4-10H2,1-3H3,(H,18,19). The van der Waals surface area contributed by atoms with Gasteiger partial charge in [-0.15, -0.1) is 0 Å². The van der Waals surface area contributed by atoms with E-state index in [2.05, 4.69) is 13.8 Å². The van der Waals surface area contributed by atoms with Gasteiger partial charge in [0.25, 0.3) is 0 Å². The second kappa shape index (κ2) is 5.62. The number of carboxylic acids is 1. The maximum absolute atomic E-state index is 12.5. The molecule has 0 aliphatic carbocycles. The van der Waals surface area contributed by atoms with Crippen LogP contribution in [-0.4, -0.2) is 53.1 Å². The maximum Gasteiger partial charge on any atom is 0.320 e. The summed E-state index contributed by atoms with van der Waals surface area (Å²) in [7, 11) is 0. The SMILES string of the molecule is CCCC1(C(=O)O)CCN(C(=O)N2CC(C)C(C)C2)C1. The van der Waals surface area contributed by atoms with E-state index in [1.54, 1.807) is 4.90 Å². The minimum absolute atomic E-state index is 0.0282. The van der Waals surface area contributed by atoms with Gasteiger partial charge in [0.2, 0.25) is 0 Å². The summed E-state index contributed by atoms with van der Waals surface area (Å²) < 4.78 is 0. The minimum atomic E-state index is -0.752. The molecule has 1 N–H and O–H groups in total. The number of hydrogen-bond acceptors (Lipinski definition) is 2. The van der Waals surface area contributed by atoms with Gasteiger partial charge in [-0.25, -0.2) is 4.79 Å². The van der Waals surface area contributed by atoms with Crippen molar-refractivity contribution in [2.45, 2.75) is 40.0 Å². The normalized spacial score (nSPS) is 33.8. The lowest BCUT2D eigenvalue weighted by Gasteiger charge is -2.27. The lowest BCUT2D eigenvalue weighted by molar-refractivity contribution is -0.148. The summed E-state index contributed by atoms with van der Waals surface area (Å²) >= 11 is 0. The van der Waals surface area contributed by atoms with Crippen LogP contribution in [0, 0.1) is 17.3 Å². The number of amides is 2. The van der Waals surface area contributed by atoms with Crippen molar-refractivity contribution >= 4 is 12.0 Å². The van der Waals surface area contributed by atoms with Crippen LogP contribution in [0.15, 0.2) is 0 Å². The van der Waals surface area contributed by atoms with Crippen LogP contribution >= 0.6 is 0 Å². The van der Waals surface area contributed by atoms with Gasteiger partial charge in [-0.3, -0.25) is 4.79 Å². The van der Waals surface area contributed by atoms with Crippen LogP contribution in [0.5, 0.6) is 0 Å². The molecule has 2 fully saturated rings. The predicted molar refractivity (Wildman–Crippen MR) is 76.5 cm³/mol. The highest BCUT2D eigenvalue weighted by Gasteiger charge is 2.46. The first-order valence-corrected chi connectivity index (χ1v) is 7.67. The minimum Gasteiger partial charge on any atom is -0.481 e. The average molecular weight is 282 g/mol. The smallest absolute Gasteiger partial charge is 0.320 e. The van der Waals surface area contributed by atoms with E-state index >= 15 is 0 Å². The highest BCUT2D eigenvalue weighted by Crippen LogP contribution is 2.36. The molecule has 5 heteroatoms. The molecule has 2 aliphatic heterocycles. The quantitative estimate of drug-likeness (QED) is 0.863. The molecule has 0 saturated carbocycles. The molecule has 0 aromatic carbocycles. The lowest BCUT2D eigenvalue weighted by atomic mass is 9.83. The van der Waals surface area contributed by atoms with Gasteiger partial charge < -0.3 is 14.9 Å². The average Bonchev–Trinajstić information content (AvgIpc) is 2.95. The summed E-state index contributed by atoms with van der Waals surface area (Å²) in [5.74, 6) is 0.306. The molecule has 2 aliphatic rings. The maximum atomic E-state index is 12.5. The number of carbonyl (C=O) groups excluding carboxylic acids is 1. The molecule has 0 aromatic rings. The number of carboxylic acid groups (broad SMARTS) is 1. The first kappa shape index (κ1) is 15.1. The van der Waals surface area contributed by atoms with Gasteiger partial charge in [-0.1, -0.05) is 27.2 Å². The fraction of sp³-hybridized carbons (Fsp3) is 0.867. The van der Waals surface area contributed by atoms with Crippen LogP contribution in [0.25, 0.3) is 0 Å². The van der Waals surface area contributed by atoms with Crippen molar-refractivity contribution in [2.75, 3.05) is 26.2 Å². The van der Waals surface area contributed by atoms with E-state index in [9.17, 15) is 14.7 Å². The summed E-state index contributed by atoms with van der Waals surface area (Å²) in [6.07, 6.45) is 2.08. The van der Waals surface area contributed by atoms with Crippen LogP contribution in [0.3, 0.4) is 0 Å². The molecule has 0 aromatic heterocycles. The molecular formula is C15H26N2O3. The molecule has 2 rings (SSSR count). The van der Waals surface area contributed by atoms with Crippen molar-refractivity contribution < 1.29 is 14.7 Å². The van der Waals surface area contributed by atoms with Crippen molar-refractivity contribution in [3.8, 4) is 0 Å². The molecular weight excluding hydrogens is 256 g/mol. The van der Waals surface area contributed by atoms with Crippen LogP contribution in [-0.2, 0) is 4.79 Å². The van der Waals surface area contributed by atoms with Gasteiger partial charge in [0.05, 0.1) is 5.41 Å². The Hall–Kier alpha value is -1.26. The molecule has 3 atom stereocenters. The molecule has 0 radical (unpaired) electrons. The van der Waals surface area contributed by atoms with E-state index in [0.29, 0.717) is 37.8 Å². The van der Waals surface area contributed by atoms with Crippen molar-refractivity contribution in [2.24, 2.45) is 17.3 Å². The number of rotatable bonds is 3. The highest BCUT2D eigenvalue weighted by molar-refractivity contribution is 5.80. The number of urea groups is 1. The predicted octanol–water partition coefficient (Wildman–Crippen LogP) is 2.27. The van der Waals surface area contributed by atoms with Crippen molar-refractivity contribution in [1.29, 1.82) is 0 Å². The molecule has 0 spiro atoms. The first-order valence-electron chi connectivity index (χ1n) is 7.67. The van der Waals surface area contributed by atoms with Gasteiger partial charge in [0.15, 0.2) is 0 Å². The second-order valence-corrected chi connectivity index (χ2v) is 6.65. The number of carbonyl (C=O) groups is 2. The third kappa shape index (κ3) is 2.63. The van der Waals surface area contributed by atoms with E-state index in [1.165, 1.54) is 0 Å². The summed E-state index contributed by atoms with van der Waals surface area (Å²) in [4.78, 5) is 27.7. The molecule has 0 bridgehead atoms. The van der Waals surface area contributed by atoms with Gasteiger partial charge in [0.1, 0.15) is 0 Å². The van der Waals surface area contributed by atoms with E-state index in [4.69, 9.17) is 0 Å². The van der Waals surface area contributed by atoms with Crippen LogP contribution in [0.2, 0.25) is 0 Å². The van der Waals surface area contributed by atoms with Crippen molar-refractivity contribution in [3.63, 3.8) is 0 Å².